The fraction of sp³-hybridized carbons (Fsp3) is 0.500. The number of phosphoric acid groups is 9. The van der Waals surface area contributed by atoms with Crippen LogP contribution < -0.4 is 89.0 Å². The molecule has 31 N–H and O–H groups in total. The van der Waals surface area contributed by atoms with Gasteiger partial charge in [-0.05, 0) is 0 Å². The van der Waals surface area contributed by atoms with E-state index >= 15 is 0 Å². The predicted octanol–water partition coefficient (Wildman–Crippen LogP) is -17.7. The van der Waals surface area contributed by atoms with E-state index in [4.69, 9.17) is 90.1 Å². The van der Waals surface area contributed by atoms with Crippen LogP contribution in [0.5, 0.6) is 0 Å². The molecule has 1 radical (unpaired) electrons. The minimum atomic E-state index is -5.97. The number of H-pyrrole nitrogens is 6. The molecule has 15 heterocycles. The maximum atomic E-state index is 12.2. The van der Waals surface area contributed by atoms with Gasteiger partial charge in [0.2, 0.25) is 17.8 Å². The average molecular weight is 2290 g/mol. The van der Waals surface area contributed by atoms with Gasteiger partial charge in [-0.15, -0.1) is 0 Å². The van der Waals surface area contributed by atoms with Crippen LogP contribution >= 0.6 is 87.4 Å². The van der Waals surface area contributed by atoms with Crippen LogP contribution in [0.4, 0.5) is 17.8 Å². The smallest absolute Gasteiger partial charge is 0.790 e. The molecule has 10 aromatic rings. The van der Waals surface area contributed by atoms with Gasteiger partial charge in [-0.2, -0.15) is 15.0 Å². The molecule has 78 nitrogen and oxygen atoms in total. The summed E-state index contributed by atoms with van der Waals surface area (Å²) in [7, 11) is -46.5. The van der Waals surface area contributed by atoms with Gasteiger partial charge in [0.05, 0.1) is 84.9 Å². The number of aromatic amines is 6. The third kappa shape index (κ3) is 34.5. The number of imidazole rings is 5. The van der Waals surface area contributed by atoms with Gasteiger partial charge in [0, 0.05) is 14.5 Å². The van der Waals surface area contributed by atoms with Gasteiger partial charge in [0.1, 0.15) is 85.8 Å². The van der Waals surface area contributed by atoms with E-state index in [1.54, 1.807) is 0 Å². The Morgan fingerprint density at radius 2 is 0.901 bits per heavy atom. The fourth-order valence-electron chi connectivity index (χ4n) is 12.0. The number of nitrogen functional groups attached to an aromatic ring is 3. The van der Waals surface area contributed by atoms with Crippen molar-refractivity contribution in [3.8, 4) is 0 Å². The monoisotopic (exact) mass is 2290 g/mol. The van der Waals surface area contributed by atoms with Gasteiger partial charge in [-0.25, -0.2) is 48.3 Å². The standard InChI is InChI=1S/C10H16N5O15P3.C10H14N5O8P.C10H13N5O4.C10H13N4O8P.C5H4N4O.C5H13O14P3.Mg.Mn.H3NP2.H3O4P/c11-9-13-7-4(8(18)14-9)12-2-15(7)10(29-33(25,26)30-32(22,23)24)6(17)5(16)3(28-10)1-27-31(19,20)21;11-10-13-7-4(8(18)14-10)12-2-15(7)9-6(23-24(19,20)21)5(17)3(1-16)22-9;11-10-13-8-7(9(18)14-10)12-3-15(8)6-1-4(17)5(2-16)19-6;15-6-4(1-21-23(18,19)20)22-10(7(6)16)14-3-13-5-8(14)11-2-12-9(5)17;10-5-3-4(7-1-6-3)8-2-9-5;6-3-2(1-16-20(8,9)10)17-5(4(3)7)18-22(14,15)19-21(11,12)13;;;1-3-2;1-5(2,3)4/h2-3,5-6,16-17H,1H2,(H,25,26)(H2,19,20,21)(H2,22,23,24)(H3,11,13,14,18);2-3,5-6,9,16-17H,1H2,(H2,19,20,21)(H3,11,13,14,18);3-6,16-17H,1-2H2,(H3,11,13,14,18);2-4,6-7,10,15-16H,1H2,(H,11,12,17)(H2,18,19,20);1-2H,(H2,6,7,8,9,10);2-7H,1H2,(H,14,15)(H2,8,9,10)(H2,11,12,13);;;1H,2H2;(H3,1,2,3,4)/q;;;;;;2*+2;;/p-9/t3-,5?,6?,10+;3-,5?,6-,9+;4-,5+,6?;4-,6-,7-,10-;;2-,3-,4-,5-;;;;/m1101.1..../s1. The van der Waals surface area contributed by atoms with Crippen molar-refractivity contribution in [2.45, 2.75) is 123 Å². The number of nitrogens with one attached hydrogen (secondary N) is 7. The van der Waals surface area contributed by atoms with Crippen LogP contribution in [0.25, 0.3) is 55.8 Å². The van der Waals surface area contributed by atoms with E-state index in [0.29, 0.717) is 30.1 Å². The maximum absolute atomic E-state index is 12.2. The predicted molar refractivity (Wildman–Crippen MR) is 429 cm³/mol. The molecule has 0 saturated carbocycles. The van der Waals surface area contributed by atoms with E-state index in [1.807, 2.05) is 0 Å². The summed E-state index contributed by atoms with van der Waals surface area (Å²) in [5, 5.41) is 104. The fourth-order valence-corrected chi connectivity index (χ4v) is 16.9. The van der Waals surface area contributed by atoms with E-state index in [9.17, 15) is 150 Å². The van der Waals surface area contributed by atoms with Gasteiger partial charge in [-0.3, -0.25) is 103 Å². The topological polar surface area (TPSA) is 1280 Å². The van der Waals surface area contributed by atoms with E-state index < -0.39 is 253 Å². The quantitative estimate of drug-likeness (QED) is 0.0187. The third-order valence-corrected chi connectivity index (χ3v) is 23.5. The molecule has 5 aliphatic heterocycles. The van der Waals surface area contributed by atoms with E-state index in [-0.39, 0.29) is 104 Å². The zero-order valence-electron chi connectivity index (χ0n) is 68.6. The third-order valence-electron chi connectivity index (χ3n) is 17.4. The van der Waals surface area contributed by atoms with Gasteiger partial charge in [-0.1, -0.05) is 8.93 Å². The molecule has 0 spiro atoms. The second-order valence-corrected chi connectivity index (χ2v) is 39.1. The van der Waals surface area contributed by atoms with Crippen molar-refractivity contribution in [3.05, 3.63) is 96.1 Å². The molecule has 5 saturated heterocycles. The van der Waals surface area contributed by atoms with Gasteiger partial charge < -0.3 is 213 Å². The number of aliphatic hydroxyl groups is 10. The van der Waals surface area contributed by atoms with Crippen LogP contribution in [0, 0.1) is 5.16 Å². The molecule has 0 aliphatic carbocycles. The molecular formula is C50H70MgMnN24O54P11-5. The molecule has 0 amide bonds. The summed E-state index contributed by atoms with van der Waals surface area (Å²) in [5.41, 5.74) is 13.8. The number of aromatic nitrogens is 20. The number of rotatable bonds is 25. The number of anilines is 3. The first kappa shape index (κ1) is 123. The molecule has 141 heavy (non-hydrogen) atoms. The Bertz CT molecular complexity index is 6730. The number of fused-ring (bicyclic) bond motifs is 5. The van der Waals surface area contributed by atoms with E-state index in [0.717, 1.165) is 17.2 Å². The molecular weight excluding hydrogens is 2220 g/mol. The average Bonchev–Trinajstić information content (AvgIpc) is 1.57. The number of phosphoric ester groups is 6. The van der Waals surface area contributed by atoms with Crippen LogP contribution in [-0.4, -0.2) is 336 Å². The molecule has 5 fully saturated rings. The Labute approximate surface area is 804 Å². The summed E-state index contributed by atoms with van der Waals surface area (Å²) in [4.78, 5) is 272. The first-order valence-electron chi connectivity index (χ1n) is 36.0. The number of hydrogen-bond donors (Lipinski definition) is 28. The Morgan fingerprint density at radius 3 is 1.37 bits per heavy atom. The minimum absolute atomic E-state index is 0. The van der Waals surface area contributed by atoms with Crippen LogP contribution in [0.1, 0.15) is 25.1 Å². The Kier molecular flexibility index (Phi) is 43.6. The molecule has 0 bridgehead atoms. The Hall–Kier alpha value is -6.56. The van der Waals surface area contributed by atoms with Crippen molar-refractivity contribution < 1.29 is 252 Å². The molecule has 5 aliphatic rings. The first-order chi connectivity index (χ1) is 64.0. The Morgan fingerprint density at radius 1 is 0.482 bits per heavy atom. The molecule has 27 atom stereocenters. The molecule has 783 valence electrons. The van der Waals surface area contributed by atoms with Crippen molar-refractivity contribution in [2.75, 3.05) is 50.2 Å². The van der Waals surface area contributed by atoms with E-state index in [1.165, 1.54) is 34.4 Å². The second kappa shape index (κ2) is 50.0. The summed E-state index contributed by atoms with van der Waals surface area (Å²) in [6.07, 6.45) is -19.0. The first-order valence-corrected chi connectivity index (χ1v) is 52.0. The zero-order chi connectivity index (χ0) is 104. The van der Waals surface area contributed by atoms with Gasteiger partial charge in [0.15, 0.2) is 80.7 Å². The zero-order valence-corrected chi connectivity index (χ0v) is 81.2. The number of hydrogen-bond acceptors (Lipinski definition) is 60. The largest absolute Gasteiger partial charge is 2.00 e. The summed E-state index contributed by atoms with van der Waals surface area (Å²) in [5.74, 6) is -3.98. The van der Waals surface area contributed by atoms with Crippen LogP contribution in [-0.2, 0) is 124 Å². The number of nitrogens with two attached hydrogens (primary N) is 3. The molecule has 15 rings (SSSR count). The summed E-state index contributed by atoms with van der Waals surface area (Å²) >= 11 is 0. The van der Waals surface area contributed by atoms with E-state index in [2.05, 4.69) is 129 Å². The van der Waals surface area contributed by atoms with Crippen molar-refractivity contribution >= 4 is 184 Å². The SMILES string of the molecule is N=PP.Nc1nc2c(ncn2C2C[C@H](O)[C@@H](CO)O2)c(=O)[nH]1.Nc1nc2c(ncn2[C@H]2O[C@H](CO)C(O)[C@H]2OP(=O)([O-])O)c(=O)[nH]1.Nc1nc2c(ncn2[C@]2(OP(=O)(O)OP(=O)([O-])O)O[C@H](COP(=O)([O-])O)C(O)C2O)c(=O)[nH]1.O=P([O-])(O)O.O=P([O-])([O-])OP(=O)([O-])O[C@H]1O[C@H](COP(=O)([O-])O)[C@@H](O)[C@H]1O.O=c1[nH]cnc2c1ncn2[C@@H]1O[C@H](COP(=O)([O-])O)[C@@H](O)[C@H]1O.O=c1[nH]cnc2nc[nH]c12.[Mg+2].[Mn+2]. The van der Waals surface area contributed by atoms with Crippen LogP contribution in [0.3, 0.4) is 0 Å². The van der Waals surface area contributed by atoms with Gasteiger partial charge >= 0.3 is 47.9 Å². The van der Waals surface area contributed by atoms with Crippen LogP contribution in [0.15, 0.2) is 68.3 Å². The second-order valence-electron chi connectivity index (χ2n) is 27.0. The summed E-state index contributed by atoms with van der Waals surface area (Å²) in [6.45, 7) is -3.82. The molecule has 10 aromatic heterocycles. The van der Waals surface area contributed by atoms with Crippen molar-refractivity contribution in [1.29, 1.82) is 5.16 Å². The molecule has 91 heteroatoms. The number of aliphatic hydroxyl groups excluding tert-OH is 10. The maximum Gasteiger partial charge on any atom is 2.00 e. The minimum Gasteiger partial charge on any atom is -0.790 e. The Balaban J connectivity index is 0.000000259. The van der Waals surface area contributed by atoms with Crippen molar-refractivity contribution in [1.82, 2.24) is 98.0 Å². The van der Waals surface area contributed by atoms with Crippen molar-refractivity contribution in [2.24, 2.45) is 0 Å². The summed E-state index contributed by atoms with van der Waals surface area (Å²) in [6, 6.07) is 0. The normalized spacial score (nSPS) is 27.8. The summed E-state index contributed by atoms with van der Waals surface area (Å²) < 4.78 is 158. The van der Waals surface area contributed by atoms with Crippen LogP contribution in [0.2, 0.25) is 0 Å². The number of ether oxygens (including phenoxy) is 5. The molecule has 0 aromatic carbocycles. The van der Waals surface area contributed by atoms with Crippen molar-refractivity contribution in [3.63, 3.8) is 0 Å². The number of nitrogens with zero attached hydrogens (tertiary/aromatic N) is 14. The molecule has 12 unspecified atom stereocenters. The van der Waals surface area contributed by atoms with Gasteiger partial charge in [0.25, 0.3) is 88.5 Å².